The maximum atomic E-state index is 12.4. The number of hydrogen-bond acceptors (Lipinski definition) is 7. The van der Waals surface area contributed by atoms with Crippen LogP contribution in [0.4, 0.5) is 0 Å². The van der Waals surface area contributed by atoms with Gasteiger partial charge in [-0.05, 0) is 24.3 Å². The van der Waals surface area contributed by atoms with E-state index < -0.39 is 55.0 Å². The Balaban J connectivity index is 4.81. The van der Waals surface area contributed by atoms with E-state index in [1.807, 2.05) is 6.26 Å². The van der Waals surface area contributed by atoms with E-state index in [1.165, 1.54) is 11.8 Å². The second-order valence-corrected chi connectivity index (χ2v) is 6.96. The lowest BCUT2D eigenvalue weighted by Gasteiger charge is -2.23. The highest BCUT2D eigenvalue weighted by molar-refractivity contribution is 7.98. The van der Waals surface area contributed by atoms with Crippen molar-refractivity contribution in [3.63, 3.8) is 0 Å². The van der Waals surface area contributed by atoms with E-state index in [0.717, 1.165) is 0 Å². The topological polar surface area (TPSA) is 171 Å². The molecule has 0 aliphatic rings. The molecule has 0 aromatic heterocycles. The highest BCUT2D eigenvalue weighted by Crippen LogP contribution is 2.05. The fourth-order valence-corrected chi connectivity index (χ4v) is 2.37. The van der Waals surface area contributed by atoms with Crippen LogP contribution in [0.15, 0.2) is 0 Å². The van der Waals surface area contributed by atoms with E-state index in [4.69, 9.17) is 15.9 Å². The van der Waals surface area contributed by atoms with Gasteiger partial charge >= 0.3 is 5.97 Å². The quantitative estimate of drug-likeness (QED) is 0.219. The van der Waals surface area contributed by atoms with E-state index in [0.29, 0.717) is 12.2 Å². The summed E-state index contributed by atoms with van der Waals surface area (Å²) in [4.78, 5) is 47.0. The lowest BCUT2D eigenvalue weighted by Crippen LogP contribution is -2.55. The molecule has 26 heavy (non-hydrogen) atoms. The molecule has 10 nitrogen and oxygen atoms in total. The first-order valence-corrected chi connectivity index (χ1v) is 9.49. The molecule has 0 aliphatic carbocycles. The Labute approximate surface area is 156 Å². The van der Waals surface area contributed by atoms with Crippen LogP contribution in [0.5, 0.6) is 0 Å². The standard InChI is InChI=1S/C15H28N4O6S/c1-8(2)12(15(24)25)19-14(23)10(4-5-26-3)18-11(21)6-17-13(22)9(16)7-20/h8-10,12,20H,4-7,16H2,1-3H3,(H,17,22)(H,18,21)(H,19,23)(H,24,25). The van der Waals surface area contributed by atoms with Gasteiger partial charge in [-0.3, -0.25) is 14.4 Å². The number of aliphatic hydroxyl groups is 1. The number of thioether (sulfide) groups is 1. The first-order valence-electron chi connectivity index (χ1n) is 8.09. The molecule has 7 N–H and O–H groups in total. The molecule has 0 rings (SSSR count). The summed E-state index contributed by atoms with van der Waals surface area (Å²) in [7, 11) is 0. The van der Waals surface area contributed by atoms with Crippen molar-refractivity contribution in [1.82, 2.24) is 16.0 Å². The predicted molar refractivity (Wildman–Crippen MR) is 97.4 cm³/mol. The monoisotopic (exact) mass is 392 g/mol. The number of aliphatic carboxylic acids is 1. The Morgan fingerprint density at radius 2 is 1.73 bits per heavy atom. The lowest BCUT2D eigenvalue weighted by molar-refractivity contribution is -0.143. The van der Waals surface area contributed by atoms with Crippen LogP contribution in [-0.2, 0) is 19.2 Å². The number of amides is 3. The smallest absolute Gasteiger partial charge is 0.326 e. The zero-order chi connectivity index (χ0) is 20.3. The van der Waals surface area contributed by atoms with Gasteiger partial charge in [-0.15, -0.1) is 0 Å². The van der Waals surface area contributed by atoms with Gasteiger partial charge < -0.3 is 31.9 Å². The van der Waals surface area contributed by atoms with Crippen molar-refractivity contribution >= 4 is 35.5 Å². The fraction of sp³-hybridized carbons (Fsp3) is 0.733. The zero-order valence-electron chi connectivity index (χ0n) is 15.2. The minimum absolute atomic E-state index is 0.299. The minimum Gasteiger partial charge on any atom is -0.480 e. The normalized spacial score (nSPS) is 14.2. The zero-order valence-corrected chi connectivity index (χ0v) is 16.0. The summed E-state index contributed by atoms with van der Waals surface area (Å²) >= 11 is 1.47. The molecule has 0 radical (unpaired) electrons. The van der Waals surface area contributed by atoms with Crippen molar-refractivity contribution in [3.05, 3.63) is 0 Å². The van der Waals surface area contributed by atoms with Crippen molar-refractivity contribution in [2.45, 2.75) is 38.4 Å². The van der Waals surface area contributed by atoms with Crippen LogP contribution in [0.1, 0.15) is 20.3 Å². The number of nitrogens with one attached hydrogen (secondary N) is 3. The Hall–Kier alpha value is -1.85. The predicted octanol–water partition coefficient (Wildman–Crippen LogP) is -2.11. The van der Waals surface area contributed by atoms with Gasteiger partial charge in [0.05, 0.1) is 13.2 Å². The second-order valence-electron chi connectivity index (χ2n) is 5.98. The van der Waals surface area contributed by atoms with Crippen molar-refractivity contribution in [2.75, 3.05) is 25.2 Å². The second kappa shape index (κ2) is 12.5. The third-order valence-corrected chi connectivity index (χ3v) is 4.09. The van der Waals surface area contributed by atoms with Crippen LogP contribution in [0.25, 0.3) is 0 Å². The molecule has 0 spiro atoms. The highest BCUT2D eigenvalue weighted by atomic mass is 32.2. The molecule has 0 fully saturated rings. The molecule has 0 saturated carbocycles. The molecular weight excluding hydrogens is 364 g/mol. The number of nitrogens with two attached hydrogens (primary N) is 1. The molecule has 3 amide bonds. The number of carbonyl (C=O) groups excluding carboxylic acids is 3. The average Bonchev–Trinajstić information content (AvgIpc) is 2.59. The van der Waals surface area contributed by atoms with Crippen LogP contribution in [0.2, 0.25) is 0 Å². The van der Waals surface area contributed by atoms with E-state index >= 15 is 0 Å². The van der Waals surface area contributed by atoms with Crippen LogP contribution >= 0.6 is 11.8 Å². The minimum atomic E-state index is -1.16. The maximum absolute atomic E-state index is 12.4. The average molecular weight is 392 g/mol. The van der Waals surface area contributed by atoms with Gasteiger partial charge in [0.25, 0.3) is 0 Å². The number of carboxylic acids is 1. The third kappa shape index (κ3) is 9.02. The van der Waals surface area contributed by atoms with Crippen LogP contribution in [-0.4, -0.2) is 77.2 Å². The van der Waals surface area contributed by atoms with Gasteiger partial charge in [-0.1, -0.05) is 13.8 Å². The summed E-state index contributed by atoms with van der Waals surface area (Å²) in [6.07, 6.45) is 2.13. The largest absolute Gasteiger partial charge is 0.480 e. The van der Waals surface area contributed by atoms with Crippen molar-refractivity contribution in [2.24, 2.45) is 11.7 Å². The van der Waals surface area contributed by atoms with Gasteiger partial charge in [-0.2, -0.15) is 11.8 Å². The van der Waals surface area contributed by atoms with Gasteiger partial charge in [0.2, 0.25) is 17.7 Å². The summed E-state index contributed by atoms with van der Waals surface area (Å²) in [6.45, 7) is 2.35. The molecule has 11 heteroatoms. The van der Waals surface area contributed by atoms with Gasteiger partial charge in [0, 0.05) is 0 Å². The van der Waals surface area contributed by atoms with E-state index in [1.54, 1.807) is 13.8 Å². The molecule has 3 atom stereocenters. The molecule has 0 bridgehead atoms. The Kier molecular flexibility index (Phi) is 11.6. The molecule has 0 aromatic rings. The summed E-state index contributed by atoms with van der Waals surface area (Å²) in [5.74, 6) is -2.84. The number of rotatable bonds is 12. The molecule has 0 saturated heterocycles. The fourth-order valence-electron chi connectivity index (χ4n) is 1.90. The summed E-state index contributed by atoms with van der Waals surface area (Å²) in [5, 5.41) is 25.1. The van der Waals surface area contributed by atoms with Crippen molar-refractivity contribution in [3.8, 4) is 0 Å². The van der Waals surface area contributed by atoms with E-state index in [-0.39, 0.29) is 5.92 Å². The molecular formula is C15H28N4O6S. The molecule has 0 heterocycles. The van der Waals surface area contributed by atoms with Crippen LogP contribution in [0.3, 0.4) is 0 Å². The van der Waals surface area contributed by atoms with Crippen molar-refractivity contribution in [1.29, 1.82) is 0 Å². The molecule has 150 valence electrons. The third-order valence-electron chi connectivity index (χ3n) is 3.45. The summed E-state index contributed by atoms with van der Waals surface area (Å²) in [5.41, 5.74) is 5.31. The van der Waals surface area contributed by atoms with E-state index in [9.17, 15) is 19.2 Å². The van der Waals surface area contributed by atoms with Crippen LogP contribution < -0.4 is 21.7 Å². The Morgan fingerprint density at radius 1 is 1.12 bits per heavy atom. The van der Waals surface area contributed by atoms with Gasteiger partial charge in [-0.25, -0.2) is 4.79 Å². The first kappa shape index (κ1) is 24.1. The van der Waals surface area contributed by atoms with Crippen molar-refractivity contribution < 1.29 is 29.4 Å². The van der Waals surface area contributed by atoms with E-state index in [2.05, 4.69) is 16.0 Å². The molecule has 0 aliphatic heterocycles. The Bertz CT molecular complexity index is 503. The SMILES string of the molecule is CSCCC(NC(=O)CNC(=O)C(N)CO)C(=O)NC(C(=O)O)C(C)C. The molecule has 0 aromatic carbocycles. The highest BCUT2D eigenvalue weighted by Gasteiger charge is 2.28. The first-order chi connectivity index (χ1) is 12.1. The summed E-state index contributed by atoms with van der Waals surface area (Å²) < 4.78 is 0. The Morgan fingerprint density at radius 3 is 2.19 bits per heavy atom. The maximum Gasteiger partial charge on any atom is 0.326 e. The number of aliphatic hydroxyl groups excluding tert-OH is 1. The van der Waals surface area contributed by atoms with Gasteiger partial charge in [0.15, 0.2) is 0 Å². The lowest BCUT2D eigenvalue weighted by atomic mass is 10.0. The van der Waals surface area contributed by atoms with Gasteiger partial charge in [0.1, 0.15) is 18.1 Å². The van der Waals surface area contributed by atoms with Crippen LogP contribution in [0, 0.1) is 5.92 Å². The summed E-state index contributed by atoms with van der Waals surface area (Å²) in [6, 6.07) is -3.14. The number of hydrogen-bond donors (Lipinski definition) is 6. The molecule has 3 unspecified atom stereocenters. The number of carbonyl (C=O) groups is 4. The number of carboxylic acid groups (broad SMARTS) is 1.